The lowest BCUT2D eigenvalue weighted by molar-refractivity contribution is -0.138. The molecular formula is C26H30FN3O4S. The Balaban J connectivity index is 1.19. The van der Waals surface area contributed by atoms with Crippen molar-refractivity contribution >= 4 is 21.8 Å². The van der Waals surface area contributed by atoms with Gasteiger partial charge >= 0.3 is 0 Å². The summed E-state index contributed by atoms with van der Waals surface area (Å²) >= 11 is 0. The first-order valence-electron chi connectivity index (χ1n) is 12.3. The summed E-state index contributed by atoms with van der Waals surface area (Å²) in [5, 5.41) is 0. The van der Waals surface area contributed by atoms with Gasteiger partial charge in [-0.25, -0.2) is 12.8 Å². The van der Waals surface area contributed by atoms with Crippen molar-refractivity contribution in [1.82, 2.24) is 14.1 Å². The molecule has 5 rings (SSSR count). The number of nitrogens with zero attached hydrogens (tertiary/aromatic N) is 3. The van der Waals surface area contributed by atoms with Crippen molar-refractivity contribution in [3.8, 4) is 0 Å². The Kier molecular flexibility index (Phi) is 6.63. The number of amides is 2. The number of sulfonamides is 1. The van der Waals surface area contributed by atoms with E-state index in [-0.39, 0.29) is 30.8 Å². The maximum Gasteiger partial charge on any atom is 0.253 e. The molecule has 2 saturated heterocycles. The monoisotopic (exact) mass is 499 g/mol. The quantitative estimate of drug-likeness (QED) is 0.648. The molecule has 35 heavy (non-hydrogen) atoms. The third-order valence-electron chi connectivity index (χ3n) is 7.41. The molecular weight excluding hydrogens is 469 g/mol. The average Bonchev–Trinajstić information content (AvgIpc) is 3.36. The Morgan fingerprint density at radius 3 is 2.29 bits per heavy atom. The van der Waals surface area contributed by atoms with Crippen LogP contribution in [0.15, 0.2) is 47.4 Å². The van der Waals surface area contributed by atoms with Crippen molar-refractivity contribution in [3.05, 3.63) is 65.0 Å². The van der Waals surface area contributed by atoms with Gasteiger partial charge in [-0.2, -0.15) is 4.31 Å². The predicted molar refractivity (Wildman–Crippen MR) is 129 cm³/mol. The highest BCUT2D eigenvalue weighted by atomic mass is 32.2. The Labute approximate surface area is 205 Å². The summed E-state index contributed by atoms with van der Waals surface area (Å²) in [6.45, 7) is 2.08. The van der Waals surface area contributed by atoms with E-state index in [1.165, 1.54) is 34.1 Å². The van der Waals surface area contributed by atoms with Crippen LogP contribution in [0, 0.1) is 11.7 Å². The number of benzene rings is 2. The minimum Gasteiger partial charge on any atom is -0.340 e. The summed E-state index contributed by atoms with van der Waals surface area (Å²) in [4.78, 5) is 29.8. The molecule has 7 nitrogen and oxygen atoms in total. The van der Waals surface area contributed by atoms with Gasteiger partial charge in [-0.05, 0) is 79.6 Å². The van der Waals surface area contributed by atoms with Gasteiger partial charge in [-0.1, -0.05) is 6.07 Å². The molecule has 2 fully saturated rings. The van der Waals surface area contributed by atoms with Crippen LogP contribution in [0.25, 0.3) is 0 Å². The number of rotatable bonds is 4. The fourth-order valence-electron chi connectivity index (χ4n) is 5.40. The van der Waals surface area contributed by atoms with Crippen LogP contribution < -0.4 is 0 Å². The van der Waals surface area contributed by atoms with Crippen molar-refractivity contribution in [2.75, 3.05) is 39.3 Å². The molecule has 1 aliphatic carbocycles. The smallest absolute Gasteiger partial charge is 0.253 e. The van der Waals surface area contributed by atoms with Gasteiger partial charge < -0.3 is 9.80 Å². The second-order valence-electron chi connectivity index (χ2n) is 9.61. The van der Waals surface area contributed by atoms with Gasteiger partial charge in [-0.15, -0.1) is 0 Å². The predicted octanol–water partition coefficient (Wildman–Crippen LogP) is 2.70. The third-order valence-corrected chi connectivity index (χ3v) is 9.30. The zero-order chi connectivity index (χ0) is 24.6. The number of piperidine rings is 1. The molecule has 2 aromatic carbocycles. The highest BCUT2D eigenvalue weighted by Gasteiger charge is 2.35. The first-order chi connectivity index (χ1) is 16.8. The number of likely N-dealkylation sites (tertiary alicyclic amines) is 1. The highest BCUT2D eigenvalue weighted by Crippen LogP contribution is 2.27. The third kappa shape index (κ3) is 4.84. The molecule has 0 bridgehead atoms. The molecule has 2 heterocycles. The molecule has 0 aromatic heterocycles. The molecule has 9 heteroatoms. The van der Waals surface area contributed by atoms with Crippen LogP contribution in [0.5, 0.6) is 0 Å². The molecule has 2 amide bonds. The molecule has 1 atom stereocenters. The Bertz CT molecular complexity index is 1220. The van der Waals surface area contributed by atoms with Crippen molar-refractivity contribution in [2.24, 2.45) is 5.92 Å². The standard InChI is InChI=1S/C26H30FN3O4S/c27-23-9-6-20(7-10-23)25(31)29-12-2-5-22(18-29)26(32)28-13-15-30(16-14-28)35(33,34)24-11-8-19-3-1-4-21(19)17-24/h6-11,17,22H,1-5,12-16,18H2/t22-/m0/s1. The topological polar surface area (TPSA) is 78.0 Å². The van der Waals surface area contributed by atoms with E-state index in [4.69, 9.17) is 0 Å². The van der Waals surface area contributed by atoms with E-state index >= 15 is 0 Å². The van der Waals surface area contributed by atoms with Crippen molar-refractivity contribution < 1.29 is 22.4 Å². The van der Waals surface area contributed by atoms with Gasteiger partial charge in [0.2, 0.25) is 15.9 Å². The summed E-state index contributed by atoms with van der Waals surface area (Å²) in [5.41, 5.74) is 2.76. The lowest BCUT2D eigenvalue weighted by Gasteiger charge is -2.38. The molecule has 186 valence electrons. The van der Waals surface area contributed by atoms with Gasteiger partial charge in [0.1, 0.15) is 5.82 Å². The number of carbonyl (C=O) groups excluding carboxylic acids is 2. The maximum absolute atomic E-state index is 13.2. The Morgan fingerprint density at radius 2 is 1.54 bits per heavy atom. The van der Waals surface area contributed by atoms with E-state index in [0.717, 1.165) is 31.2 Å². The molecule has 0 saturated carbocycles. The molecule has 0 N–H and O–H groups in total. The van der Waals surface area contributed by atoms with Crippen LogP contribution in [0.4, 0.5) is 4.39 Å². The number of piperazine rings is 1. The van der Waals surface area contributed by atoms with Crippen LogP contribution in [-0.4, -0.2) is 73.6 Å². The second kappa shape index (κ2) is 9.70. The van der Waals surface area contributed by atoms with Crippen molar-refractivity contribution in [3.63, 3.8) is 0 Å². The van der Waals surface area contributed by atoms with E-state index < -0.39 is 15.8 Å². The normalized spacial score (nSPS) is 21.1. The van der Waals surface area contributed by atoms with Gasteiger partial charge in [-0.3, -0.25) is 9.59 Å². The van der Waals surface area contributed by atoms with E-state index in [1.807, 2.05) is 12.1 Å². The fraction of sp³-hybridized carbons (Fsp3) is 0.462. The molecule has 0 unspecified atom stereocenters. The SMILES string of the molecule is O=C(c1ccc(F)cc1)N1CCC[C@H](C(=O)N2CCN(S(=O)(=O)c3ccc4c(c3)CCC4)CC2)C1. The lowest BCUT2D eigenvalue weighted by Crippen LogP contribution is -2.54. The first-order valence-corrected chi connectivity index (χ1v) is 13.7. The van der Waals surface area contributed by atoms with Gasteiger partial charge in [0.15, 0.2) is 0 Å². The summed E-state index contributed by atoms with van der Waals surface area (Å²) in [6, 6.07) is 10.9. The Hall–Kier alpha value is -2.78. The lowest BCUT2D eigenvalue weighted by atomic mass is 9.95. The second-order valence-corrected chi connectivity index (χ2v) is 11.5. The average molecular weight is 500 g/mol. The number of hydrogen-bond donors (Lipinski definition) is 0. The zero-order valence-electron chi connectivity index (χ0n) is 19.7. The number of aryl methyl sites for hydroxylation is 2. The summed E-state index contributed by atoms with van der Waals surface area (Å²) in [5.74, 6) is -0.942. The van der Waals surface area contributed by atoms with Crippen LogP contribution in [0.2, 0.25) is 0 Å². The van der Waals surface area contributed by atoms with E-state index in [0.29, 0.717) is 43.1 Å². The number of carbonyl (C=O) groups is 2. The first kappa shape index (κ1) is 23.9. The number of fused-ring (bicyclic) bond motifs is 1. The van der Waals surface area contributed by atoms with Gasteiger partial charge in [0, 0.05) is 44.8 Å². The Morgan fingerprint density at radius 1 is 0.829 bits per heavy atom. The van der Waals surface area contributed by atoms with E-state index in [1.54, 1.807) is 15.9 Å². The minimum absolute atomic E-state index is 0.0313. The maximum atomic E-state index is 13.2. The van der Waals surface area contributed by atoms with Crippen molar-refractivity contribution in [1.29, 1.82) is 0 Å². The fourth-order valence-corrected chi connectivity index (χ4v) is 6.88. The van der Waals surface area contributed by atoms with Crippen LogP contribution in [-0.2, 0) is 27.7 Å². The highest BCUT2D eigenvalue weighted by molar-refractivity contribution is 7.89. The van der Waals surface area contributed by atoms with E-state index in [9.17, 15) is 22.4 Å². The largest absolute Gasteiger partial charge is 0.340 e. The molecule has 0 radical (unpaired) electrons. The van der Waals surface area contributed by atoms with E-state index in [2.05, 4.69) is 0 Å². The minimum atomic E-state index is -3.60. The summed E-state index contributed by atoms with van der Waals surface area (Å²) < 4.78 is 41.1. The van der Waals surface area contributed by atoms with Gasteiger partial charge in [0.25, 0.3) is 5.91 Å². The molecule has 3 aliphatic rings. The van der Waals surface area contributed by atoms with Crippen LogP contribution in [0.1, 0.15) is 40.7 Å². The van der Waals surface area contributed by atoms with Crippen LogP contribution in [0.3, 0.4) is 0 Å². The van der Waals surface area contributed by atoms with Crippen LogP contribution >= 0.6 is 0 Å². The van der Waals surface area contributed by atoms with Gasteiger partial charge in [0.05, 0.1) is 10.8 Å². The molecule has 2 aliphatic heterocycles. The summed E-state index contributed by atoms with van der Waals surface area (Å²) in [6.07, 6.45) is 4.40. The van der Waals surface area contributed by atoms with Crippen molar-refractivity contribution in [2.45, 2.75) is 37.0 Å². The number of halogens is 1. The number of hydrogen-bond acceptors (Lipinski definition) is 4. The molecule has 0 spiro atoms. The summed E-state index contributed by atoms with van der Waals surface area (Å²) in [7, 11) is -3.60. The zero-order valence-corrected chi connectivity index (χ0v) is 20.5. The molecule has 2 aromatic rings.